The molecule has 0 heterocycles. The van der Waals surface area contributed by atoms with E-state index in [9.17, 15) is 28.9 Å². The van der Waals surface area contributed by atoms with Crippen LogP contribution in [-0.4, -0.2) is 66.5 Å². The Labute approximate surface area is 465 Å². The third-order valence-electron chi connectivity index (χ3n) is 13.4. The average molecular weight is 1090 g/mol. The fourth-order valence-corrected chi connectivity index (χ4v) is 9.47. The van der Waals surface area contributed by atoms with E-state index in [0.717, 1.165) is 122 Å². The number of phosphoric acid groups is 1. The van der Waals surface area contributed by atoms with E-state index in [0.29, 0.717) is 19.3 Å². The summed E-state index contributed by atoms with van der Waals surface area (Å²) in [6, 6.07) is 0. The molecule has 0 bridgehead atoms. The lowest BCUT2D eigenvalue weighted by Crippen LogP contribution is -2.30. The maximum atomic E-state index is 12.9. The van der Waals surface area contributed by atoms with Crippen molar-refractivity contribution in [1.82, 2.24) is 0 Å². The molecule has 0 amide bonds. The molecule has 442 valence electrons. The van der Waals surface area contributed by atoms with Crippen LogP contribution in [0.15, 0.2) is 60.8 Å². The first-order chi connectivity index (χ1) is 37.2. The molecule has 0 saturated heterocycles. The first-order valence-electron chi connectivity index (χ1n) is 31.2. The highest BCUT2D eigenvalue weighted by Gasteiger charge is 2.28. The molecule has 0 aromatic carbocycles. The van der Waals surface area contributed by atoms with Crippen LogP contribution in [0.25, 0.3) is 0 Å². The minimum Gasteiger partial charge on any atom is -0.462 e. The van der Waals surface area contributed by atoms with Crippen LogP contribution in [0.4, 0.5) is 0 Å². The van der Waals surface area contributed by atoms with Gasteiger partial charge in [0.1, 0.15) is 12.7 Å². The first kappa shape index (κ1) is 73.2. The molecule has 0 rings (SSSR count). The second-order valence-corrected chi connectivity index (χ2v) is 22.3. The van der Waals surface area contributed by atoms with E-state index in [1.54, 1.807) is 0 Å². The Hall–Kier alpha value is -2.82. The van der Waals surface area contributed by atoms with E-state index >= 15 is 0 Å². The number of hydrogen-bond acceptors (Lipinski definition) is 10. The largest absolute Gasteiger partial charge is 0.472 e. The van der Waals surface area contributed by atoms with Gasteiger partial charge in [-0.15, -0.1) is 0 Å². The number of carbonyl (C=O) groups excluding carboxylic acids is 3. The second-order valence-electron chi connectivity index (χ2n) is 20.8. The van der Waals surface area contributed by atoms with Crippen LogP contribution >= 0.6 is 7.82 Å². The van der Waals surface area contributed by atoms with Crippen molar-refractivity contribution < 1.29 is 52.2 Å². The van der Waals surface area contributed by atoms with Crippen LogP contribution < -0.4 is 0 Å². The molecule has 0 aromatic rings. The molecule has 0 aliphatic rings. The third-order valence-corrected chi connectivity index (χ3v) is 14.4. The van der Waals surface area contributed by atoms with Gasteiger partial charge in [-0.1, -0.05) is 255 Å². The summed E-state index contributed by atoms with van der Waals surface area (Å²) in [4.78, 5) is 48.6. The Morgan fingerprint density at radius 1 is 0.382 bits per heavy atom. The normalized spacial score (nSPS) is 13.7. The Kier molecular flexibility index (Phi) is 56.2. The lowest BCUT2D eigenvalue weighted by Gasteiger charge is -2.21. The Morgan fingerprint density at radius 2 is 0.697 bits per heavy atom. The van der Waals surface area contributed by atoms with Crippen LogP contribution in [0, 0.1) is 0 Å². The minimum absolute atomic E-state index is 0.150. The van der Waals surface area contributed by atoms with Crippen LogP contribution in [0.1, 0.15) is 290 Å². The van der Waals surface area contributed by atoms with Gasteiger partial charge < -0.3 is 24.2 Å². The van der Waals surface area contributed by atoms with Crippen molar-refractivity contribution in [3.63, 3.8) is 0 Å². The first-order valence-corrected chi connectivity index (χ1v) is 32.7. The molecule has 0 aliphatic heterocycles. The van der Waals surface area contributed by atoms with Crippen LogP contribution in [0.5, 0.6) is 0 Å². The molecule has 0 aliphatic carbocycles. The zero-order chi connectivity index (χ0) is 55.5. The quantitative estimate of drug-likeness (QED) is 0.0197. The maximum absolute atomic E-state index is 12.9. The summed E-state index contributed by atoms with van der Waals surface area (Å²) in [6.45, 7) is 4.51. The number of carbonyl (C=O) groups is 3. The second kappa shape index (κ2) is 58.3. The molecule has 0 saturated carbocycles. The molecule has 76 heavy (non-hydrogen) atoms. The third kappa shape index (κ3) is 55.9. The highest BCUT2D eigenvalue weighted by Crippen LogP contribution is 2.43. The van der Waals surface area contributed by atoms with Crippen molar-refractivity contribution >= 4 is 25.7 Å². The highest BCUT2D eigenvalue weighted by molar-refractivity contribution is 7.47. The molecule has 0 spiro atoms. The van der Waals surface area contributed by atoms with E-state index in [1.165, 1.54) is 109 Å². The van der Waals surface area contributed by atoms with Gasteiger partial charge in [0, 0.05) is 19.3 Å². The SMILES string of the molecule is CC/C=C\C/C=C\C/C=C\C/C=C\CCCCCCCCC(=O)OC(COC(=O)CCCCCCC/C=C\CCCC)COP(=O)(O)OCC(CO)OC(=O)CCCCCCCCCCCCCCCCCCCCC. The van der Waals surface area contributed by atoms with E-state index < -0.39 is 57.8 Å². The van der Waals surface area contributed by atoms with Crippen LogP contribution in [-0.2, 0) is 42.2 Å². The summed E-state index contributed by atoms with van der Waals surface area (Å²) in [5.41, 5.74) is 0. The number of rotatable bonds is 58. The van der Waals surface area contributed by atoms with E-state index in [-0.39, 0.29) is 25.9 Å². The topological polar surface area (TPSA) is 155 Å². The number of aliphatic hydroxyl groups excluding tert-OH is 1. The van der Waals surface area contributed by atoms with Gasteiger partial charge in [-0.05, 0) is 77.0 Å². The number of allylic oxidation sites excluding steroid dienone is 10. The standard InChI is InChI=1S/C64H115O11P/c1-4-7-10-13-16-19-22-24-26-28-30-32-34-36-39-42-45-48-51-54-63(67)74-60(56-65)58-72-76(69,70)73-59-61(57-71-62(66)53-50-47-44-41-38-21-18-15-12-9-6-3)75-64(68)55-52-49-46-43-40-37-35-33-31-29-27-25-23-20-17-14-11-8-5-2/h8,11,15,17-18,20,25,27,31,33,60-61,65H,4-7,9-10,12-14,16,19,21-24,26,28-30,32,34-59H2,1-3H3,(H,69,70)/b11-8-,18-15-,20-17-,27-25-,33-31-. The average Bonchev–Trinajstić information content (AvgIpc) is 3.41. The summed E-state index contributed by atoms with van der Waals surface area (Å²) in [6.07, 6.45) is 64.6. The molecule has 11 nitrogen and oxygen atoms in total. The van der Waals surface area contributed by atoms with Gasteiger partial charge in [-0.2, -0.15) is 0 Å². The van der Waals surface area contributed by atoms with Gasteiger partial charge in [0.2, 0.25) is 0 Å². The minimum atomic E-state index is -4.75. The van der Waals surface area contributed by atoms with Gasteiger partial charge in [0.25, 0.3) is 0 Å². The molecule has 0 radical (unpaired) electrons. The molecule has 0 aromatic heterocycles. The number of ether oxygens (including phenoxy) is 3. The summed E-state index contributed by atoms with van der Waals surface area (Å²) in [5, 5.41) is 9.84. The monoisotopic (exact) mass is 1090 g/mol. The molecule has 2 N–H and O–H groups in total. The van der Waals surface area contributed by atoms with Crippen molar-refractivity contribution in [2.24, 2.45) is 0 Å². The van der Waals surface area contributed by atoms with Crippen LogP contribution in [0.3, 0.4) is 0 Å². The van der Waals surface area contributed by atoms with Gasteiger partial charge >= 0.3 is 25.7 Å². The van der Waals surface area contributed by atoms with E-state index in [4.69, 9.17) is 23.3 Å². The molecule has 12 heteroatoms. The number of hydrogen-bond donors (Lipinski definition) is 2. The Bertz CT molecular complexity index is 1510. The Morgan fingerprint density at radius 3 is 1.11 bits per heavy atom. The smallest absolute Gasteiger partial charge is 0.462 e. The van der Waals surface area contributed by atoms with Gasteiger partial charge in [-0.3, -0.25) is 23.4 Å². The number of esters is 3. The number of phosphoric ester groups is 1. The van der Waals surface area contributed by atoms with Crippen molar-refractivity contribution in [3.05, 3.63) is 60.8 Å². The zero-order valence-electron chi connectivity index (χ0n) is 49.0. The van der Waals surface area contributed by atoms with Crippen molar-refractivity contribution in [3.8, 4) is 0 Å². The number of unbranched alkanes of at least 4 members (excludes halogenated alkanes) is 31. The van der Waals surface area contributed by atoms with E-state index in [2.05, 4.69) is 81.5 Å². The lowest BCUT2D eigenvalue weighted by atomic mass is 10.0. The molecular formula is C64H115O11P. The lowest BCUT2D eigenvalue weighted by molar-refractivity contribution is -0.161. The van der Waals surface area contributed by atoms with Crippen molar-refractivity contribution in [2.75, 3.05) is 26.4 Å². The predicted octanol–water partition coefficient (Wildman–Crippen LogP) is 18.7. The predicted molar refractivity (Wildman–Crippen MR) is 316 cm³/mol. The maximum Gasteiger partial charge on any atom is 0.472 e. The summed E-state index contributed by atoms with van der Waals surface area (Å²) in [5.74, 6) is -1.48. The van der Waals surface area contributed by atoms with Gasteiger partial charge in [0.05, 0.1) is 19.8 Å². The Balaban J connectivity index is 4.62. The van der Waals surface area contributed by atoms with Crippen LogP contribution in [0.2, 0.25) is 0 Å². The molecule has 3 atom stereocenters. The molecular weight excluding hydrogens is 976 g/mol. The number of aliphatic hydroxyl groups is 1. The van der Waals surface area contributed by atoms with Crippen molar-refractivity contribution in [1.29, 1.82) is 0 Å². The fraction of sp³-hybridized carbons (Fsp3) is 0.797. The summed E-state index contributed by atoms with van der Waals surface area (Å²) < 4.78 is 39.6. The van der Waals surface area contributed by atoms with Gasteiger partial charge in [0.15, 0.2) is 6.10 Å². The zero-order valence-corrected chi connectivity index (χ0v) is 49.9. The molecule has 0 fully saturated rings. The molecule has 3 unspecified atom stereocenters. The fourth-order valence-electron chi connectivity index (χ4n) is 8.68. The summed E-state index contributed by atoms with van der Waals surface area (Å²) >= 11 is 0. The highest BCUT2D eigenvalue weighted by atomic mass is 31.2. The summed E-state index contributed by atoms with van der Waals surface area (Å²) in [7, 11) is -4.75. The van der Waals surface area contributed by atoms with E-state index in [1.807, 2.05) is 0 Å². The van der Waals surface area contributed by atoms with Gasteiger partial charge in [-0.25, -0.2) is 4.57 Å². The van der Waals surface area contributed by atoms with Crippen molar-refractivity contribution in [2.45, 2.75) is 303 Å².